The predicted octanol–water partition coefficient (Wildman–Crippen LogP) is 2.44. The molecule has 0 aliphatic rings. The molecule has 0 spiro atoms. The highest BCUT2D eigenvalue weighted by atomic mass is 19.1. The first-order chi connectivity index (χ1) is 12.6. The smallest absolute Gasteiger partial charge is 0.374 e. The van der Waals surface area contributed by atoms with Crippen molar-refractivity contribution in [3.8, 4) is 11.8 Å². The second-order valence-corrected chi connectivity index (χ2v) is 5.94. The van der Waals surface area contributed by atoms with Crippen LogP contribution in [0.4, 0.5) is 14.5 Å². The maximum Gasteiger partial charge on any atom is 0.374 e. The van der Waals surface area contributed by atoms with E-state index in [1.807, 2.05) is 0 Å². The van der Waals surface area contributed by atoms with E-state index in [2.05, 4.69) is 15.0 Å². The quantitative estimate of drug-likeness (QED) is 0.583. The molecule has 0 atom stereocenters. The van der Waals surface area contributed by atoms with E-state index < -0.39 is 28.8 Å². The number of nitrogens with two attached hydrogens (primary N) is 1. The summed E-state index contributed by atoms with van der Waals surface area (Å²) in [5.41, 5.74) is 4.31. The summed E-state index contributed by atoms with van der Waals surface area (Å²) in [5, 5.41) is 9.06. The summed E-state index contributed by atoms with van der Waals surface area (Å²) in [4.78, 5) is 22.7. The molecule has 2 rings (SSSR count). The van der Waals surface area contributed by atoms with Gasteiger partial charge >= 0.3 is 5.97 Å². The van der Waals surface area contributed by atoms with E-state index in [0.717, 1.165) is 12.1 Å². The zero-order valence-corrected chi connectivity index (χ0v) is 15.1. The normalized spacial score (nSPS) is 12.0. The topological polar surface area (TPSA) is 120 Å². The number of aromatic carboxylic acids is 1. The average molecular weight is 380 g/mol. The van der Waals surface area contributed by atoms with Gasteiger partial charge in [-0.2, -0.15) is 9.97 Å². The third kappa shape index (κ3) is 3.78. The molecular formula is C17H18F2N4O4. The summed E-state index contributed by atoms with van der Waals surface area (Å²) in [6.07, 6.45) is 0. The molecule has 8 nitrogen and oxygen atoms in total. The van der Waals surface area contributed by atoms with Crippen LogP contribution in [0, 0.1) is 11.6 Å². The number of aliphatic imine (C=N–C) groups is 1. The van der Waals surface area contributed by atoms with Crippen LogP contribution in [0.3, 0.4) is 0 Å². The zero-order valence-electron chi connectivity index (χ0n) is 15.1. The molecule has 1 heterocycles. The fraction of sp³-hybridized carbons (Fsp3) is 0.294. The molecule has 10 heteroatoms. The van der Waals surface area contributed by atoms with Crippen LogP contribution in [0.25, 0.3) is 0 Å². The van der Waals surface area contributed by atoms with Crippen LogP contribution in [-0.4, -0.2) is 41.1 Å². The number of ether oxygens (including phenoxy) is 2. The van der Waals surface area contributed by atoms with Gasteiger partial charge in [0.15, 0.2) is 5.69 Å². The zero-order chi connectivity index (χ0) is 20.4. The number of rotatable bonds is 6. The number of benzene rings is 1. The van der Waals surface area contributed by atoms with E-state index in [-0.39, 0.29) is 28.8 Å². The summed E-state index contributed by atoms with van der Waals surface area (Å²) in [6, 6.07) is 3.46. The molecule has 0 aliphatic heterocycles. The lowest BCUT2D eigenvalue weighted by Gasteiger charge is -2.25. The van der Waals surface area contributed by atoms with Crippen molar-refractivity contribution in [2.75, 3.05) is 14.2 Å². The van der Waals surface area contributed by atoms with Crippen molar-refractivity contribution < 1.29 is 28.2 Å². The Morgan fingerprint density at radius 2 is 1.63 bits per heavy atom. The SMILES string of the molecule is COc1nc(C(=O)O)nc(OC)c1N=C(N)C(C)(C)c1c(F)cccc1F. The molecule has 3 N–H and O–H groups in total. The Morgan fingerprint density at radius 3 is 2.04 bits per heavy atom. The van der Waals surface area contributed by atoms with Crippen molar-refractivity contribution in [1.29, 1.82) is 0 Å². The van der Waals surface area contributed by atoms with E-state index in [4.69, 9.17) is 20.3 Å². The summed E-state index contributed by atoms with van der Waals surface area (Å²) < 4.78 is 38.5. The van der Waals surface area contributed by atoms with Crippen molar-refractivity contribution >= 4 is 17.5 Å². The predicted molar refractivity (Wildman–Crippen MR) is 92.8 cm³/mol. The highest BCUT2D eigenvalue weighted by Gasteiger charge is 2.33. The maximum atomic E-state index is 14.2. The van der Waals surface area contributed by atoms with E-state index in [1.54, 1.807) is 0 Å². The average Bonchev–Trinajstić information content (AvgIpc) is 2.60. The Morgan fingerprint density at radius 1 is 1.15 bits per heavy atom. The fourth-order valence-corrected chi connectivity index (χ4v) is 2.37. The number of carboxylic acid groups (broad SMARTS) is 1. The van der Waals surface area contributed by atoms with Gasteiger partial charge in [0.25, 0.3) is 0 Å². The van der Waals surface area contributed by atoms with Crippen molar-refractivity contribution in [2.24, 2.45) is 10.7 Å². The van der Waals surface area contributed by atoms with Crippen LogP contribution in [0.5, 0.6) is 11.8 Å². The monoisotopic (exact) mass is 380 g/mol. The lowest BCUT2D eigenvalue weighted by atomic mass is 9.82. The number of hydrogen-bond acceptors (Lipinski definition) is 6. The third-order valence-corrected chi connectivity index (χ3v) is 3.86. The van der Waals surface area contributed by atoms with Crippen LogP contribution in [0.15, 0.2) is 23.2 Å². The molecule has 0 amide bonds. The molecule has 2 aromatic rings. The van der Waals surface area contributed by atoms with Crippen LogP contribution in [-0.2, 0) is 5.41 Å². The molecule has 1 aromatic carbocycles. The molecule has 144 valence electrons. The minimum Gasteiger partial charge on any atom is -0.479 e. The Labute approximate surface area is 153 Å². The van der Waals surface area contributed by atoms with E-state index in [1.165, 1.54) is 34.1 Å². The maximum absolute atomic E-state index is 14.2. The standard InChI is InChI=1S/C17H18F2N4O4/c1-17(2,10-8(18)6-5-7-9(10)19)16(20)21-11-13(26-3)22-12(15(24)25)23-14(11)27-4/h5-7H,1-4H3,(H2,20,21)(H,24,25). The first-order valence-electron chi connectivity index (χ1n) is 7.65. The summed E-state index contributed by atoms with van der Waals surface area (Å²) in [7, 11) is 2.48. The number of nitrogens with zero attached hydrogens (tertiary/aromatic N) is 3. The lowest BCUT2D eigenvalue weighted by Crippen LogP contribution is -2.37. The van der Waals surface area contributed by atoms with Gasteiger partial charge in [-0.1, -0.05) is 6.07 Å². The first kappa shape index (κ1) is 20.0. The third-order valence-electron chi connectivity index (χ3n) is 3.86. The number of carbonyl (C=O) groups is 1. The second-order valence-electron chi connectivity index (χ2n) is 5.94. The molecule has 0 aliphatic carbocycles. The first-order valence-corrected chi connectivity index (χ1v) is 7.65. The van der Waals surface area contributed by atoms with Gasteiger partial charge in [-0.25, -0.2) is 18.6 Å². The van der Waals surface area contributed by atoms with E-state index in [9.17, 15) is 13.6 Å². The molecule has 0 fully saturated rings. The van der Waals surface area contributed by atoms with Crippen LogP contribution >= 0.6 is 0 Å². The van der Waals surface area contributed by atoms with E-state index in [0.29, 0.717) is 0 Å². The highest BCUT2D eigenvalue weighted by Crippen LogP contribution is 2.36. The Hall–Kier alpha value is -3.30. The van der Waals surface area contributed by atoms with Crippen molar-refractivity contribution in [3.05, 3.63) is 41.2 Å². The highest BCUT2D eigenvalue weighted by molar-refractivity contribution is 5.94. The number of methoxy groups -OCH3 is 2. The van der Waals surface area contributed by atoms with Crippen LogP contribution in [0.2, 0.25) is 0 Å². The molecule has 0 bridgehead atoms. The molecule has 27 heavy (non-hydrogen) atoms. The molecule has 0 saturated heterocycles. The van der Waals surface area contributed by atoms with Gasteiger partial charge in [0.05, 0.1) is 19.6 Å². The minimum atomic E-state index is -1.40. The van der Waals surface area contributed by atoms with Gasteiger partial charge in [-0.3, -0.25) is 0 Å². The Bertz CT molecular complexity index is 871. The van der Waals surface area contributed by atoms with E-state index >= 15 is 0 Å². The minimum absolute atomic E-state index is 0.104. The number of halogens is 2. The molecule has 0 unspecified atom stereocenters. The van der Waals surface area contributed by atoms with Gasteiger partial charge in [0.1, 0.15) is 17.5 Å². The fourth-order valence-electron chi connectivity index (χ4n) is 2.37. The summed E-state index contributed by atoms with van der Waals surface area (Å²) >= 11 is 0. The van der Waals surface area contributed by atoms with Gasteiger partial charge in [0.2, 0.25) is 17.6 Å². The van der Waals surface area contributed by atoms with Gasteiger partial charge in [-0.15, -0.1) is 0 Å². The summed E-state index contributed by atoms with van der Waals surface area (Å²) in [5.74, 6) is -4.15. The van der Waals surface area contributed by atoms with Gasteiger partial charge in [-0.05, 0) is 26.0 Å². The molecular weight excluding hydrogens is 362 g/mol. The van der Waals surface area contributed by atoms with Gasteiger partial charge in [0, 0.05) is 5.56 Å². The molecule has 0 saturated carbocycles. The second kappa shape index (κ2) is 7.52. The molecule has 0 radical (unpaired) electrons. The van der Waals surface area contributed by atoms with Gasteiger partial charge < -0.3 is 20.3 Å². The number of aromatic nitrogens is 2. The van der Waals surface area contributed by atoms with Crippen LogP contribution < -0.4 is 15.2 Å². The van der Waals surface area contributed by atoms with Crippen molar-refractivity contribution in [1.82, 2.24) is 9.97 Å². The summed E-state index contributed by atoms with van der Waals surface area (Å²) in [6.45, 7) is 2.97. The number of hydrogen-bond donors (Lipinski definition) is 2. The Kier molecular flexibility index (Phi) is 5.58. The largest absolute Gasteiger partial charge is 0.479 e. The molecule has 1 aromatic heterocycles. The van der Waals surface area contributed by atoms with Crippen molar-refractivity contribution in [3.63, 3.8) is 0 Å². The van der Waals surface area contributed by atoms with Crippen molar-refractivity contribution in [2.45, 2.75) is 19.3 Å². The lowest BCUT2D eigenvalue weighted by molar-refractivity contribution is 0.0681. The number of amidine groups is 1. The Balaban J connectivity index is 2.65. The number of carboxylic acids is 1. The van der Waals surface area contributed by atoms with Crippen LogP contribution in [0.1, 0.15) is 30.0 Å².